The fraction of sp³-hybridized carbons (Fsp3) is 0.360. The summed E-state index contributed by atoms with van der Waals surface area (Å²) in [6.07, 6.45) is 0.840. The number of nitrogens with zero attached hydrogens (tertiary/aromatic N) is 2. The third-order valence-electron chi connectivity index (χ3n) is 5.06. The van der Waals surface area contributed by atoms with Crippen molar-refractivity contribution in [2.24, 2.45) is 0 Å². The van der Waals surface area contributed by atoms with Crippen molar-refractivity contribution in [2.45, 2.75) is 46.3 Å². The lowest BCUT2D eigenvalue weighted by Crippen LogP contribution is -2.16. The van der Waals surface area contributed by atoms with Crippen molar-refractivity contribution in [1.82, 2.24) is 9.78 Å². The maximum Gasteiger partial charge on any atom is 0.335 e. The molecule has 3 aromatic rings. The van der Waals surface area contributed by atoms with Crippen LogP contribution in [0.15, 0.2) is 48.5 Å². The zero-order valence-corrected chi connectivity index (χ0v) is 18.7. The van der Waals surface area contributed by atoms with E-state index in [1.807, 2.05) is 51.1 Å². The molecule has 0 amide bonds. The highest BCUT2D eigenvalue weighted by atomic mass is 16.5. The number of rotatable bonds is 11. The average Bonchev–Trinajstić information content (AvgIpc) is 3.21. The minimum Gasteiger partial charge on any atom is -0.493 e. The first-order valence-corrected chi connectivity index (χ1v) is 11.0. The van der Waals surface area contributed by atoms with E-state index in [4.69, 9.17) is 14.6 Å². The summed E-state index contributed by atoms with van der Waals surface area (Å²) >= 11 is 0. The van der Waals surface area contributed by atoms with E-state index in [1.54, 1.807) is 16.8 Å². The largest absolute Gasteiger partial charge is 0.493 e. The van der Waals surface area contributed by atoms with Gasteiger partial charge in [-0.3, -0.25) is 4.68 Å². The average molecular weight is 439 g/mol. The number of carbonyl (C=O) groups is 1. The maximum atomic E-state index is 11.6. The summed E-state index contributed by atoms with van der Waals surface area (Å²) in [5.74, 6) is 0.272. The minimum atomic E-state index is -1.02. The van der Waals surface area contributed by atoms with Crippen molar-refractivity contribution < 1.29 is 24.5 Å². The van der Waals surface area contributed by atoms with Crippen molar-refractivity contribution in [2.75, 3.05) is 13.2 Å². The summed E-state index contributed by atoms with van der Waals surface area (Å²) < 4.78 is 13.4. The summed E-state index contributed by atoms with van der Waals surface area (Å²) in [5.41, 5.74) is 2.95. The molecule has 0 radical (unpaired) electrons. The number of benzene rings is 2. The van der Waals surface area contributed by atoms with Crippen LogP contribution in [-0.4, -0.2) is 45.3 Å². The molecule has 0 unspecified atom stereocenters. The number of carboxylic acid groups (broad SMARTS) is 1. The fourth-order valence-electron chi connectivity index (χ4n) is 3.39. The highest BCUT2D eigenvalue weighted by molar-refractivity contribution is 5.90. The number of para-hydroxylation sites is 1. The number of ether oxygens (including phenoxy) is 2. The van der Waals surface area contributed by atoms with Gasteiger partial charge in [0.05, 0.1) is 42.8 Å². The molecule has 170 valence electrons. The Kier molecular flexibility index (Phi) is 7.89. The molecule has 1 aromatic heterocycles. The molecular weight excluding hydrogens is 408 g/mol. The third kappa shape index (κ3) is 5.29. The molecule has 2 N–H and O–H groups in total. The molecule has 0 aliphatic rings. The van der Waals surface area contributed by atoms with Gasteiger partial charge in [-0.2, -0.15) is 5.10 Å². The van der Waals surface area contributed by atoms with Gasteiger partial charge in [-0.1, -0.05) is 26.0 Å². The van der Waals surface area contributed by atoms with Crippen LogP contribution < -0.4 is 9.47 Å². The van der Waals surface area contributed by atoms with E-state index in [0.717, 1.165) is 23.4 Å². The van der Waals surface area contributed by atoms with Gasteiger partial charge in [0.25, 0.3) is 0 Å². The van der Waals surface area contributed by atoms with E-state index in [9.17, 15) is 15.0 Å². The Morgan fingerprint density at radius 2 is 1.78 bits per heavy atom. The first-order valence-electron chi connectivity index (χ1n) is 11.0. The van der Waals surface area contributed by atoms with E-state index < -0.39 is 12.1 Å². The van der Waals surface area contributed by atoms with Crippen molar-refractivity contribution >= 4 is 5.97 Å². The SMILES string of the molecule is CCCOc1ccc(C(=O)O)cc1-c1cc(-c2ccccc2OCC)n(C[C@@H](O)CC)n1. The molecular formula is C25H30N2O5. The van der Waals surface area contributed by atoms with Crippen LogP contribution in [0.5, 0.6) is 11.5 Å². The second kappa shape index (κ2) is 10.8. The lowest BCUT2D eigenvalue weighted by Gasteiger charge is -2.14. The molecule has 0 saturated carbocycles. The number of aliphatic hydroxyl groups excluding tert-OH is 1. The monoisotopic (exact) mass is 438 g/mol. The van der Waals surface area contributed by atoms with E-state index in [1.165, 1.54) is 6.07 Å². The molecule has 1 heterocycles. The van der Waals surface area contributed by atoms with Crippen LogP contribution in [0.1, 0.15) is 44.0 Å². The molecule has 0 bridgehead atoms. The summed E-state index contributed by atoms with van der Waals surface area (Å²) in [5, 5.41) is 24.6. The molecule has 7 nitrogen and oxygen atoms in total. The van der Waals surface area contributed by atoms with Crippen LogP contribution in [0.2, 0.25) is 0 Å². The van der Waals surface area contributed by atoms with Crippen LogP contribution in [-0.2, 0) is 6.54 Å². The first-order chi connectivity index (χ1) is 15.5. The Labute approximate surface area is 188 Å². The number of aromatic nitrogens is 2. The normalized spacial score (nSPS) is 11.9. The molecule has 0 spiro atoms. The Morgan fingerprint density at radius 3 is 2.47 bits per heavy atom. The number of hydrogen-bond acceptors (Lipinski definition) is 5. The summed E-state index contributed by atoms with van der Waals surface area (Å²) in [6.45, 7) is 7.18. The predicted molar refractivity (Wildman–Crippen MR) is 123 cm³/mol. The molecule has 32 heavy (non-hydrogen) atoms. The molecule has 0 aliphatic heterocycles. The Bertz CT molecular complexity index is 1060. The highest BCUT2D eigenvalue weighted by Gasteiger charge is 2.20. The Balaban J connectivity index is 2.18. The zero-order valence-electron chi connectivity index (χ0n) is 18.7. The van der Waals surface area contributed by atoms with E-state index in [2.05, 4.69) is 0 Å². The second-order valence-electron chi connectivity index (χ2n) is 7.45. The third-order valence-corrected chi connectivity index (χ3v) is 5.06. The predicted octanol–water partition coefficient (Wildman–Crippen LogP) is 4.87. The number of carboxylic acids is 1. The van der Waals surface area contributed by atoms with Gasteiger partial charge in [-0.05, 0) is 56.2 Å². The van der Waals surface area contributed by atoms with Gasteiger partial charge in [0.1, 0.15) is 11.5 Å². The fourth-order valence-corrected chi connectivity index (χ4v) is 3.39. The quantitative estimate of drug-likeness (QED) is 0.443. The van der Waals surface area contributed by atoms with Crippen molar-refractivity contribution in [3.8, 4) is 34.0 Å². The molecule has 1 atom stereocenters. The van der Waals surface area contributed by atoms with Gasteiger partial charge in [0, 0.05) is 11.1 Å². The van der Waals surface area contributed by atoms with Gasteiger partial charge in [0.15, 0.2) is 0 Å². The summed E-state index contributed by atoms with van der Waals surface area (Å²) in [4.78, 5) is 11.6. The van der Waals surface area contributed by atoms with Crippen LogP contribution in [0.3, 0.4) is 0 Å². The van der Waals surface area contributed by atoms with Gasteiger partial charge in [0.2, 0.25) is 0 Å². The molecule has 2 aromatic carbocycles. The van der Waals surface area contributed by atoms with Gasteiger partial charge in [-0.15, -0.1) is 0 Å². The first kappa shape index (κ1) is 23.3. The zero-order chi connectivity index (χ0) is 23.1. The molecule has 0 aliphatic carbocycles. The molecule has 3 rings (SSSR count). The highest BCUT2D eigenvalue weighted by Crippen LogP contribution is 2.36. The molecule has 0 saturated heterocycles. The van der Waals surface area contributed by atoms with E-state index >= 15 is 0 Å². The minimum absolute atomic E-state index is 0.156. The Hall–Kier alpha value is -3.32. The smallest absolute Gasteiger partial charge is 0.335 e. The lowest BCUT2D eigenvalue weighted by atomic mass is 10.0. The molecule has 0 fully saturated rings. The lowest BCUT2D eigenvalue weighted by molar-refractivity contribution is 0.0697. The van der Waals surface area contributed by atoms with Crippen LogP contribution >= 0.6 is 0 Å². The second-order valence-corrected chi connectivity index (χ2v) is 7.45. The van der Waals surface area contributed by atoms with Gasteiger partial charge in [-0.25, -0.2) is 4.79 Å². The molecule has 7 heteroatoms. The van der Waals surface area contributed by atoms with E-state index in [-0.39, 0.29) is 5.56 Å². The van der Waals surface area contributed by atoms with E-state index in [0.29, 0.717) is 43.2 Å². The summed E-state index contributed by atoms with van der Waals surface area (Å²) in [7, 11) is 0. The van der Waals surface area contributed by atoms with Crippen molar-refractivity contribution in [3.63, 3.8) is 0 Å². The maximum absolute atomic E-state index is 11.6. The topological polar surface area (TPSA) is 93.8 Å². The Morgan fingerprint density at radius 1 is 1.03 bits per heavy atom. The van der Waals surface area contributed by atoms with Crippen molar-refractivity contribution in [3.05, 3.63) is 54.1 Å². The number of aliphatic hydroxyl groups is 1. The van der Waals surface area contributed by atoms with Crippen LogP contribution in [0.25, 0.3) is 22.5 Å². The van der Waals surface area contributed by atoms with Crippen LogP contribution in [0, 0.1) is 0 Å². The van der Waals surface area contributed by atoms with Crippen LogP contribution in [0.4, 0.5) is 0 Å². The standard InChI is InChI=1S/C25H30N2O5/c1-4-13-32-24-12-11-17(25(29)30)14-20(24)21-15-22(27(26-21)16-18(28)5-2)19-9-7-8-10-23(19)31-6-3/h7-12,14-15,18,28H,4-6,13,16H2,1-3H3,(H,29,30)/t18-/m0/s1. The van der Waals surface area contributed by atoms with Crippen molar-refractivity contribution in [1.29, 1.82) is 0 Å². The number of hydrogen-bond donors (Lipinski definition) is 2. The number of aromatic carboxylic acids is 1. The van der Waals surface area contributed by atoms with Gasteiger partial charge < -0.3 is 19.7 Å². The van der Waals surface area contributed by atoms with Gasteiger partial charge >= 0.3 is 5.97 Å². The summed E-state index contributed by atoms with van der Waals surface area (Å²) in [6, 6.07) is 14.3.